The van der Waals surface area contributed by atoms with Crippen LogP contribution in [0.2, 0.25) is 10.0 Å². The van der Waals surface area contributed by atoms with E-state index in [1.54, 1.807) is 42.5 Å². The van der Waals surface area contributed by atoms with Crippen molar-refractivity contribution < 1.29 is 19.1 Å². The van der Waals surface area contributed by atoms with Crippen LogP contribution in [0, 0.1) is 0 Å². The van der Waals surface area contributed by atoms with Crippen molar-refractivity contribution in [3.63, 3.8) is 0 Å². The number of hydrogen-bond donors (Lipinski definition) is 3. The second-order valence-electron chi connectivity index (χ2n) is 9.75. The van der Waals surface area contributed by atoms with E-state index in [1.165, 1.54) is 12.3 Å². The van der Waals surface area contributed by atoms with Gasteiger partial charge >= 0.3 is 0 Å². The van der Waals surface area contributed by atoms with Crippen molar-refractivity contribution in [2.24, 2.45) is 5.73 Å². The highest BCUT2D eigenvalue weighted by atomic mass is 35.5. The highest BCUT2D eigenvalue weighted by Gasteiger charge is 2.25. The summed E-state index contributed by atoms with van der Waals surface area (Å²) in [6.45, 7) is 3.72. The minimum Gasteiger partial charge on any atom is -0.490 e. The maximum Gasteiger partial charge on any atom is 0.259 e. The number of aromatic nitrogens is 1. The monoisotopic (exact) mass is 554 g/mol. The first-order valence-electron chi connectivity index (χ1n) is 12.1. The summed E-state index contributed by atoms with van der Waals surface area (Å²) in [6.07, 6.45) is 3.26. The van der Waals surface area contributed by atoms with Gasteiger partial charge in [-0.2, -0.15) is 0 Å². The summed E-state index contributed by atoms with van der Waals surface area (Å²) in [5.74, 6) is -0.126. The molecule has 0 saturated heterocycles. The van der Waals surface area contributed by atoms with E-state index in [2.05, 4.69) is 15.6 Å². The average Bonchev–Trinajstić information content (AvgIpc) is 2.87. The van der Waals surface area contributed by atoms with Crippen molar-refractivity contribution in [1.82, 2.24) is 4.98 Å². The van der Waals surface area contributed by atoms with Gasteiger partial charge in [-0.05, 0) is 74.7 Å². The van der Waals surface area contributed by atoms with Gasteiger partial charge in [-0.25, -0.2) is 4.98 Å². The van der Waals surface area contributed by atoms with Crippen molar-refractivity contribution in [1.29, 1.82) is 0 Å². The molecule has 38 heavy (non-hydrogen) atoms. The van der Waals surface area contributed by atoms with Crippen LogP contribution in [0.25, 0.3) is 0 Å². The van der Waals surface area contributed by atoms with Gasteiger partial charge in [0.1, 0.15) is 17.4 Å². The maximum absolute atomic E-state index is 13.5. The SMILES string of the molecule is CC(C)(N)c1ccc(C(=O)Nc2ccc(Cl)cc2C(=O)Nc2ccc(Cl)cn2)c(OC2CCC(=O)CC2)c1. The molecule has 1 saturated carbocycles. The lowest BCUT2D eigenvalue weighted by molar-refractivity contribution is -0.121. The summed E-state index contributed by atoms with van der Waals surface area (Å²) in [6, 6.07) is 12.9. The molecule has 0 radical (unpaired) electrons. The smallest absolute Gasteiger partial charge is 0.259 e. The molecule has 2 amide bonds. The molecule has 4 rings (SSSR count). The van der Waals surface area contributed by atoms with Crippen molar-refractivity contribution >= 4 is 52.3 Å². The quantitative estimate of drug-likeness (QED) is 0.330. The molecule has 1 aliphatic carbocycles. The molecule has 4 N–H and O–H groups in total. The molecule has 0 spiro atoms. The predicted octanol–water partition coefficient (Wildman–Crippen LogP) is 5.98. The minimum absolute atomic E-state index is 0.149. The molecule has 8 nitrogen and oxygen atoms in total. The number of carbonyl (C=O) groups excluding carboxylic acids is 3. The first-order valence-corrected chi connectivity index (χ1v) is 12.9. The number of amides is 2. The Bertz CT molecular complexity index is 1360. The van der Waals surface area contributed by atoms with Gasteiger partial charge in [0.15, 0.2) is 0 Å². The summed E-state index contributed by atoms with van der Waals surface area (Å²) in [7, 11) is 0. The number of anilines is 2. The number of halogens is 2. The van der Waals surface area contributed by atoms with Gasteiger partial charge in [-0.15, -0.1) is 0 Å². The molecule has 0 unspecified atom stereocenters. The summed E-state index contributed by atoms with van der Waals surface area (Å²) >= 11 is 12.0. The van der Waals surface area contributed by atoms with Crippen LogP contribution in [0.1, 0.15) is 65.8 Å². The lowest BCUT2D eigenvalue weighted by Crippen LogP contribution is -2.30. The van der Waals surface area contributed by atoms with Gasteiger partial charge in [0.05, 0.1) is 27.9 Å². The molecule has 1 aliphatic rings. The van der Waals surface area contributed by atoms with Gasteiger partial charge in [0.25, 0.3) is 11.8 Å². The van der Waals surface area contributed by atoms with Crippen LogP contribution >= 0.6 is 23.2 Å². The van der Waals surface area contributed by atoms with Crippen LogP contribution in [-0.4, -0.2) is 28.7 Å². The predicted molar refractivity (Wildman–Crippen MR) is 148 cm³/mol. The molecule has 2 aromatic carbocycles. The molecule has 198 valence electrons. The average molecular weight is 555 g/mol. The number of ether oxygens (including phenoxy) is 1. The first-order chi connectivity index (χ1) is 18.0. The first kappa shape index (κ1) is 27.6. The Labute approximate surface area is 230 Å². The van der Waals surface area contributed by atoms with E-state index < -0.39 is 17.4 Å². The maximum atomic E-state index is 13.5. The third-order valence-electron chi connectivity index (χ3n) is 6.20. The number of pyridine rings is 1. The molecule has 1 fully saturated rings. The van der Waals surface area contributed by atoms with Gasteiger partial charge < -0.3 is 21.1 Å². The molecular weight excluding hydrogens is 527 g/mol. The fourth-order valence-electron chi connectivity index (χ4n) is 4.06. The van der Waals surface area contributed by atoms with E-state index in [0.717, 1.165) is 5.56 Å². The number of nitrogens with zero attached hydrogens (tertiary/aromatic N) is 1. The Morgan fingerprint density at radius 2 is 1.63 bits per heavy atom. The van der Waals surface area contributed by atoms with Gasteiger partial charge in [-0.3, -0.25) is 14.4 Å². The highest BCUT2D eigenvalue weighted by Crippen LogP contribution is 2.31. The minimum atomic E-state index is -0.660. The summed E-state index contributed by atoms with van der Waals surface area (Å²) in [4.78, 5) is 42.3. The second kappa shape index (κ2) is 11.5. The third-order valence-corrected chi connectivity index (χ3v) is 6.66. The number of rotatable bonds is 7. The van der Waals surface area contributed by atoms with Crippen molar-refractivity contribution in [3.8, 4) is 5.75 Å². The van der Waals surface area contributed by atoms with Crippen LogP contribution in [0.15, 0.2) is 54.7 Å². The molecule has 1 heterocycles. The molecule has 3 aromatic rings. The van der Waals surface area contributed by atoms with Crippen LogP contribution in [0.4, 0.5) is 11.5 Å². The number of ketones is 1. The Morgan fingerprint density at radius 3 is 2.29 bits per heavy atom. The van der Waals surface area contributed by atoms with Crippen molar-refractivity contribution in [2.45, 2.75) is 51.2 Å². The van der Waals surface area contributed by atoms with E-state index in [4.69, 9.17) is 33.7 Å². The van der Waals surface area contributed by atoms with E-state index in [-0.39, 0.29) is 28.7 Å². The Balaban J connectivity index is 1.61. The third kappa shape index (κ3) is 6.89. The summed E-state index contributed by atoms with van der Waals surface area (Å²) in [5, 5.41) is 6.23. The lowest BCUT2D eigenvalue weighted by Gasteiger charge is -2.26. The molecular formula is C28H28Cl2N4O4. The van der Waals surface area contributed by atoms with Crippen LogP contribution < -0.4 is 21.1 Å². The van der Waals surface area contributed by atoms with Gasteiger partial charge in [0, 0.05) is 29.6 Å². The standard InChI is InChI=1S/C28H28Cl2N4O4/c1-28(2,31)16-3-10-21(24(13-16)38-20-8-6-19(35)7-9-20)26(36)33-23-11-4-17(29)14-22(23)27(37)34-25-12-5-18(30)15-32-25/h3-5,10-15,20H,6-9,31H2,1-2H3,(H,33,36)(H,32,34,37). The number of Topliss-reactive ketones (excluding diaryl/α,β-unsaturated/α-hetero) is 1. The number of nitrogens with two attached hydrogens (primary N) is 1. The van der Waals surface area contributed by atoms with E-state index in [1.807, 2.05) is 13.8 Å². The fourth-order valence-corrected chi connectivity index (χ4v) is 4.34. The Morgan fingerprint density at radius 1 is 0.947 bits per heavy atom. The van der Waals surface area contributed by atoms with Crippen molar-refractivity contribution in [3.05, 3.63) is 81.5 Å². The highest BCUT2D eigenvalue weighted by molar-refractivity contribution is 6.31. The Kier molecular flexibility index (Phi) is 8.35. The van der Waals surface area contributed by atoms with Gasteiger partial charge in [0.2, 0.25) is 0 Å². The number of carbonyl (C=O) groups is 3. The van der Waals surface area contributed by atoms with Crippen molar-refractivity contribution in [2.75, 3.05) is 10.6 Å². The molecule has 0 atom stereocenters. The molecule has 1 aromatic heterocycles. The zero-order chi connectivity index (χ0) is 27.4. The number of hydrogen-bond acceptors (Lipinski definition) is 6. The van der Waals surface area contributed by atoms with Crippen LogP contribution in [-0.2, 0) is 10.3 Å². The summed E-state index contributed by atoms with van der Waals surface area (Å²) < 4.78 is 6.23. The number of benzene rings is 2. The molecule has 10 heteroatoms. The van der Waals surface area contributed by atoms with Gasteiger partial charge in [-0.1, -0.05) is 29.3 Å². The van der Waals surface area contributed by atoms with E-state index in [0.29, 0.717) is 47.3 Å². The zero-order valence-electron chi connectivity index (χ0n) is 21.0. The van der Waals surface area contributed by atoms with Crippen LogP contribution in [0.3, 0.4) is 0 Å². The van der Waals surface area contributed by atoms with Crippen LogP contribution in [0.5, 0.6) is 5.75 Å². The Hall–Kier alpha value is -3.46. The van der Waals surface area contributed by atoms with E-state index in [9.17, 15) is 14.4 Å². The largest absolute Gasteiger partial charge is 0.490 e. The lowest BCUT2D eigenvalue weighted by atomic mass is 9.93. The molecule has 0 bridgehead atoms. The second-order valence-corrected chi connectivity index (χ2v) is 10.6. The normalized spacial score (nSPS) is 14.2. The molecule has 0 aliphatic heterocycles. The topological polar surface area (TPSA) is 123 Å². The van der Waals surface area contributed by atoms with E-state index >= 15 is 0 Å². The fraction of sp³-hybridized carbons (Fsp3) is 0.286. The zero-order valence-corrected chi connectivity index (χ0v) is 22.5. The summed E-state index contributed by atoms with van der Waals surface area (Å²) in [5.41, 5.74) is 7.10. The number of nitrogens with one attached hydrogen (secondary N) is 2.